The van der Waals surface area contributed by atoms with E-state index in [2.05, 4.69) is 25.8 Å². The minimum atomic E-state index is -3.37. The predicted octanol–water partition coefficient (Wildman–Crippen LogP) is 2.23. The van der Waals surface area contributed by atoms with E-state index in [0.717, 1.165) is 28.7 Å². The average Bonchev–Trinajstić information content (AvgIpc) is 3.00. The Morgan fingerprint density at radius 2 is 2.06 bits per heavy atom. The van der Waals surface area contributed by atoms with Crippen molar-refractivity contribution in [1.82, 2.24) is 9.55 Å². The molecule has 0 aromatic carbocycles. The molecule has 0 radical (unpaired) electrons. The van der Waals surface area contributed by atoms with Crippen LogP contribution >= 0.6 is 8.25 Å². The van der Waals surface area contributed by atoms with Crippen molar-refractivity contribution in [3.05, 3.63) is 34.1 Å². The first kappa shape index (κ1) is 25.5. The molecule has 1 fully saturated rings. The molecule has 1 saturated heterocycles. The Labute approximate surface area is 183 Å². The van der Waals surface area contributed by atoms with Crippen LogP contribution in [0.1, 0.15) is 53.7 Å². The fourth-order valence-electron chi connectivity index (χ4n) is 3.53. The Hall–Kier alpha value is -1.71. The van der Waals surface area contributed by atoms with E-state index < -0.39 is 38.5 Å². The molecule has 1 aromatic rings. The molecule has 0 saturated carbocycles. The zero-order chi connectivity index (χ0) is 23.3. The van der Waals surface area contributed by atoms with Crippen molar-refractivity contribution in [1.29, 1.82) is 0 Å². The lowest BCUT2D eigenvalue weighted by molar-refractivity contribution is -0.0588. The third-order valence-electron chi connectivity index (χ3n) is 5.98. The summed E-state index contributed by atoms with van der Waals surface area (Å²) < 4.78 is 29.0. The van der Waals surface area contributed by atoms with Crippen LogP contribution in [0.5, 0.6) is 0 Å². The molecule has 11 heteroatoms. The van der Waals surface area contributed by atoms with Crippen molar-refractivity contribution < 1.29 is 28.6 Å². The van der Waals surface area contributed by atoms with Crippen molar-refractivity contribution in [3.8, 4) is 0 Å². The quantitative estimate of drug-likeness (QED) is 0.354. The molecule has 0 amide bonds. The number of aromatic nitrogens is 2. The van der Waals surface area contributed by atoms with Crippen LogP contribution in [0.3, 0.4) is 0 Å². The van der Waals surface area contributed by atoms with Crippen LogP contribution in [0.25, 0.3) is 0 Å². The van der Waals surface area contributed by atoms with Gasteiger partial charge in [0.15, 0.2) is 6.23 Å². The summed E-state index contributed by atoms with van der Waals surface area (Å²) in [6, 6.07) is 1.39. The van der Waals surface area contributed by atoms with E-state index in [9.17, 15) is 19.4 Å². The van der Waals surface area contributed by atoms with Crippen LogP contribution in [0, 0.1) is 11.8 Å². The van der Waals surface area contributed by atoms with E-state index in [-0.39, 0.29) is 12.4 Å². The van der Waals surface area contributed by atoms with Crippen LogP contribution in [0.15, 0.2) is 28.4 Å². The Morgan fingerprint density at radius 1 is 1.39 bits per heavy atom. The first-order valence-corrected chi connectivity index (χ1v) is 11.7. The summed E-state index contributed by atoms with van der Waals surface area (Å²) in [7, 11) is -3.37. The van der Waals surface area contributed by atoms with Gasteiger partial charge in [0.1, 0.15) is 30.7 Å². The molecule has 0 bridgehead atoms. The molecule has 1 aliphatic rings. The summed E-state index contributed by atoms with van der Waals surface area (Å²) in [5.74, 6) is 1.84. The molecule has 1 aliphatic heterocycles. The number of aliphatic hydroxyl groups excluding tert-OH is 1. The third kappa shape index (κ3) is 6.63. The highest BCUT2D eigenvalue weighted by Gasteiger charge is 2.47. The standard InChI is InChI=1S/C20H34N3O7P/c1-6-11(2)12(3)9-13(4)14(5)28-10-15-18(30-31(26)27)17(24)19(29-15)23-8-7-16(21)22-20(23)25/h7-8,11-12,15,17-19,24,31H,6,9-10H2,1-5H3,(H,26,27)(H2,21,22,25)/b14-13-/t11?,12?,15-,17-,18-,19-/m1/s1. The number of rotatable bonds is 10. The van der Waals surface area contributed by atoms with Crippen LogP contribution in [0.2, 0.25) is 0 Å². The number of ether oxygens (including phenoxy) is 2. The normalized spacial score (nSPS) is 27.5. The van der Waals surface area contributed by atoms with Crippen molar-refractivity contribution in [3.63, 3.8) is 0 Å². The molecule has 4 N–H and O–H groups in total. The SMILES string of the molecule is CCC(C)C(C)C/C(C)=C(/C)OC[C@H]1O[C@@H](n2ccc(N)nc2=O)[C@H](O)[C@@H]1O[PH](=O)O. The Balaban J connectivity index is 2.14. The van der Waals surface area contributed by atoms with Crippen molar-refractivity contribution in [2.45, 2.75) is 72.0 Å². The minimum absolute atomic E-state index is 0.0224. The molecule has 31 heavy (non-hydrogen) atoms. The fraction of sp³-hybridized carbons (Fsp3) is 0.700. The number of allylic oxidation sites excluding steroid dienone is 2. The molecule has 3 unspecified atom stereocenters. The van der Waals surface area contributed by atoms with Crippen LogP contribution in [-0.2, 0) is 18.6 Å². The second-order valence-electron chi connectivity index (χ2n) is 8.16. The maximum Gasteiger partial charge on any atom is 0.351 e. The lowest BCUT2D eigenvalue weighted by Gasteiger charge is -2.22. The van der Waals surface area contributed by atoms with Gasteiger partial charge in [-0.25, -0.2) is 4.79 Å². The minimum Gasteiger partial charge on any atom is -0.495 e. The number of nitrogens with zero attached hydrogens (tertiary/aromatic N) is 2. The zero-order valence-corrected chi connectivity index (χ0v) is 19.6. The van der Waals surface area contributed by atoms with Crippen molar-refractivity contribution >= 4 is 14.1 Å². The van der Waals surface area contributed by atoms with Crippen molar-refractivity contribution in [2.24, 2.45) is 11.8 Å². The monoisotopic (exact) mass is 459 g/mol. The van der Waals surface area contributed by atoms with E-state index in [4.69, 9.17) is 19.7 Å². The second kappa shape index (κ2) is 11.2. The van der Waals surface area contributed by atoms with Gasteiger partial charge in [-0.15, -0.1) is 0 Å². The van der Waals surface area contributed by atoms with Gasteiger partial charge in [0, 0.05) is 6.20 Å². The molecular formula is C20H34N3O7P. The van der Waals surface area contributed by atoms with Gasteiger partial charge < -0.3 is 29.7 Å². The highest BCUT2D eigenvalue weighted by molar-refractivity contribution is 7.32. The second-order valence-corrected chi connectivity index (χ2v) is 8.93. The molecule has 2 heterocycles. The summed E-state index contributed by atoms with van der Waals surface area (Å²) in [5, 5.41) is 10.6. The van der Waals surface area contributed by atoms with E-state index in [1.807, 2.05) is 13.8 Å². The molecule has 10 nitrogen and oxygen atoms in total. The largest absolute Gasteiger partial charge is 0.495 e. The number of aliphatic hydroxyl groups is 1. The smallest absolute Gasteiger partial charge is 0.351 e. The summed E-state index contributed by atoms with van der Waals surface area (Å²) in [6.07, 6.45) is -1.24. The maximum atomic E-state index is 12.1. The average molecular weight is 459 g/mol. The Bertz CT molecular complexity index is 859. The van der Waals surface area contributed by atoms with Crippen LogP contribution in [-0.4, -0.2) is 44.5 Å². The highest BCUT2D eigenvalue weighted by Crippen LogP contribution is 2.36. The number of hydrogen-bond donors (Lipinski definition) is 3. The summed E-state index contributed by atoms with van der Waals surface area (Å²) >= 11 is 0. The van der Waals surface area contributed by atoms with Crippen LogP contribution in [0.4, 0.5) is 5.82 Å². The molecule has 0 aliphatic carbocycles. The van der Waals surface area contributed by atoms with Crippen LogP contribution < -0.4 is 11.4 Å². The Kier molecular flexibility index (Phi) is 9.27. The van der Waals surface area contributed by atoms with E-state index in [1.165, 1.54) is 12.3 Å². The fourth-order valence-corrected chi connectivity index (χ4v) is 4.05. The van der Waals surface area contributed by atoms with Gasteiger partial charge in [-0.05, 0) is 43.7 Å². The third-order valence-corrected chi connectivity index (χ3v) is 6.45. The number of hydrogen-bond acceptors (Lipinski definition) is 8. The summed E-state index contributed by atoms with van der Waals surface area (Å²) in [5.41, 5.74) is 5.88. The number of nitrogen functional groups attached to an aromatic ring is 1. The number of anilines is 1. The van der Waals surface area contributed by atoms with E-state index in [0.29, 0.717) is 11.8 Å². The maximum absolute atomic E-state index is 12.1. The van der Waals surface area contributed by atoms with Crippen molar-refractivity contribution in [2.75, 3.05) is 12.3 Å². The molecule has 0 spiro atoms. The topological polar surface area (TPSA) is 146 Å². The molecule has 2 rings (SSSR count). The lowest BCUT2D eigenvalue weighted by Crippen LogP contribution is -2.37. The van der Waals surface area contributed by atoms with Gasteiger partial charge in [0.25, 0.3) is 0 Å². The first-order valence-electron chi connectivity index (χ1n) is 10.4. The van der Waals surface area contributed by atoms with E-state index in [1.54, 1.807) is 0 Å². The zero-order valence-electron chi connectivity index (χ0n) is 18.6. The van der Waals surface area contributed by atoms with Gasteiger partial charge in [0.2, 0.25) is 0 Å². The molecule has 7 atom stereocenters. The van der Waals surface area contributed by atoms with Gasteiger partial charge in [-0.1, -0.05) is 27.2 Å². The van der Waals surface area contributed by atoms with Gasteiger partial charge in [-0.3, -0.25) is 9.13 Å². The molecular weight excluding hydrogens is 425 g/mol. The predicted molar refractivity (Wildman–Crippen MR) is 116 cm³/mol. The van der Waals surface area contributed by atoms with Gasteiger partial charge in [-0.2, -0.15) is 4.98 Å². The summed E-state index contributed by atoms with van der Waals surface area (Å²) in [6.45, 7) is 10.4. The van der Waals surface area contributed by atoms with E-state index >= 15 is 0 Å². The first-order chi connectivity index (χ1) is 14.5. The highest BCUT2D eigenvalue weighted by atomic mass is 31.1. The molecule has 176 valence electrons. The van der Waals surface area contributed by atoms with Gasteiger partial charge >= 0.3 is 13.9 Å². The number of nitrogens with two attached hydrogens (primary N) is 1. The van der Waals surface area contributed by atoms with Gasteiger partial charge in [0.05, 0.1) is 5.76 Å². The molecule has 1 aromatic heterocycles. The Morgan fingerprint density at radius 3 is 2.65 bits per heavy atom. The lowest BCUT2D eigenvalue weighted by atomic mass is 9.88. The summed E-state index contributed by atoms with van der Waals surface area (Å²) in [4.78, 5) is 25.0.